The fraction of sp³-hybridized carbons (Fsp3) is 0.364. The fourth-order valence-corrected chi connectivity index (χ4v) is 1.32. The van der Waals surface area contributed by atoms with Crippen molar-refractivity contribution in [1.29, 1.82) is 0 Å². The minimum absolute atomic E-state index is 0.153. The Labute approximate surface area is 99.7 Å². The number of ether oxygens (including phenoxy) is 1. The molecule has 0 radical (unpaired) electrons. The molecule has 5 heteroatoms. The van der Waals surface area contributed by atoms with Crippen LogP contribution < -0.4 is 11.1 Å². The van der Waals surface area contributed by atoms with Crippen molar-refractivity contribution < 1.29 is 9.53 Å². The van der Waals surface area contributed by atoms with Crippen LogP contribution in [0.4, 0.5) is 5.69 Å². The van der Waals surface area contributed by atoms with Crippen LogP contribution in [-0.4, -0.2) is 26.2 Å². The maximum absolute atomic E-state index is 11.6. The van der Waals surface area contributed by atoms with Crippen molar-refractivity contribution in [2.75, 3.05) is 26.0 Å². The molecule has 4 nitrogen and oxygen atoms in total. The van der Waals surface area contributed by atoms with Crippen molar-refractivity contribution in [3.05, 3.63) is 28.8 Å². The lowest BCUT2D eigenvalue weighted by atomic mass is 10.2. The van der Waals surface area contributed by atoms with E-state index in [-0.39, 0.29) is 5.91 Å². The Balaban J connectivity index is 2.50. The van der Waals surface area contributed by atoms with Crippen LogP contribution in [0.15, 0.2) is 18.2 Å². The molecule has 0 aliphatic rings. The number of halogens is 1. The minimum Gasteiger partial charge on any atom is -0.398 e. The highest BCUT2D eigenvalue weighted by Crippen LogP contribution is 2.19. The van der Waals surface area contributed by atoms with Gasteiger partial charge in [-0.2, -0.15) is 0 Å². The van der Waals surface area contributed by atoms with E-state index in [9.17, 15) is 4.79 Å². The van der Waals surface area contributed by atoms with E-state index in [1.165, 1.54) is 0 Å². The van der Waals surface area contributed by atoms with Crippen LogP contribution in [0.25, 0.3) is 0 Å². The number of nitrogen functional groups attached to an aromatic ring is 1. The first-order valence-corrected chi connectivity index (χ1v) is 5.35. The number of methoxy groups -OCH3 is 1. The summed E-state index contributed by atoms with van der Waals surface area (Å²) in [5.74, 6) is -0.153. The monoisotopic (exact) mass is 242 g/mol. The van der Waals surface area contributed by atoms with Crippen LogP contribution >= 0.6 is 11.6 Å². The van der Waals surface area contributed by atoms with E-state index in [4.69, 9.17) is 22.1 Å². The van der Waals surface area contributed by atoms with E-state index in [1.807, 2.05) is 0 Å². The van der Waals surface area contributed by atoms with Gasteiger partial charge in [0, 0.05) is 25.8 Å². The van der Waals surface area contributed by atoms with Crippen LogP contribution in [0.2, 0.25) is 5.02 Å². The second-order valence-electron chi connectivity index (χ2n) is 3.34. The van der Waals surface area contributed by atoms with Gasteiger partial charge in [0.25, 0.3) is 5.91 Å². The number of hydrogen-bond acceptors (Lipinski definition) is 3. The van der Waals surface area contributed by atoms with Crippen LogP contribution in [0.3, 0.4) is 0 Å². The van der Waals surface area contributed by atoms with Gasteiger partial charge in [-0.25, -0.2) is 0 Å². The van der Waals surface area contributed by atoms with Crippen molar-refractivity contribution in [3.63, 3.8) is 0 Å². The van der Waals surface area contributed by atoms with Gasteiger partial charge in [0.2, 0.25) is 0 Å². The van der Waals surface area contributed by atoms with E-state index in [0.717, 1.165) is 6.42 Å². The topological polar surface area (TPSA) is 64.3 Å². The summed E-state index contributed by atoms with van der Waals surface area (Å²) in [7, 11) is 1.63. The first kappa shape index (κ1) is 12.8. The predicted molar refractivity (Wildman–Crippen MR) is 64.7 cm³/mol. The van der Waals surface area contributed by atoms with Gasteiger partial charge in [0.15, 0.2) is 0 Å². The molecule has 0 aliphatic heterocycles. The van der Waals surface area contributed by atoms with Gasteiger partial charge in [-0.15, -0.1) is 0 Å². The molecule has 1 aromatic rings. The van der Waals surface area contributed by atoms with Crippen molar-refractivity contribution >= 4 is 23.2 Å². The normalized spacial score (nSPS) is 10.1. The molecular weight excluding hydrogens is 228 g/mol. The number of amides is 1. The van der Waals surface area contributed by atoms with E-state index >= 15 is 0 Å². The van der Waals surface area contributed by atoms with Crippen LogP contribution in [-0.2, 0) is 4.74 Å². The smallest absolute Gasteiger partial charge is 0.251 e. The Hall–Kier alpha value is -1.26. The number of carbonyl (C=O) groups excluding carboxylic acids is 1. The average Bonchev–Trinajstić information content (AvgIpc) is 2.28. The molecule has 0 unspecified atom stereocenters. The van der Waals surface area contributed by atoms with Gasteiger partial charge < -0.3 is 15.8 Å². The third kappa shape index (κ3) is 3.72. The molecule has 0 aliphatic carbocycles. The average molecular weight is 243 g/mol. The maximum atomic E-state index is 11.6. The molecule has 0 spiro atoms. The Morgan fingerprint density at radius 3 is 2.94 bits per heavy atom. The summed E-state index contributed by atoms with van der Waals surface area (Å²) in [4.78, 5) is 11.6. The lowest BCUT2D eigenvalue weighted by Gasteiger charge is -2.06. The molecule has 0 atom stereocenters. The van der Waals surface area contributed by atoms with E-state index in [2.05, 4.69) is 5.32 Å². The number of nitrogens with two attached hydrogens (primary N) is 1. The molecule has 0 heterocycles. The molecule has 88 valence electrons. The van der Waals surface area contributed by atoms with Gasteiger partial charge in [0.1, 0.15) is 0 Å². The molecule has 0 saturated carbocycles. The molecule has 3 N–H and O–H groups in total. The molecule has 0 fully saturated rings. The van der Waals surface area contributed by atoms with Crippen LogP contribution in [0, 0.1) is 0 Å². The summed E-state index contributed by atoms with van der Waals surface area (Å²) in [6, 6.07) is 4.82. The van der Waals surface area contributed by atoms with Crippen molar-refractivity contribution in [3.8, 4) is 0 Å². The van der Waals surface area contributed by atoms with Crippen molar-refractivity contribution in [2.24, 2.45) is 0 Å². The highest BCUT2D eigenvalue weighted by atomic mass is 35.5. The lowest BCUT2D eigenvalue weighted by molar-refractivity contribution is 0.0948. The zero-order chi connectivity index (χ0) is 12.0. The minimum atomic E-state index is -0.153. The molecule has 0 aromatic heterocycles. The van der Waals surface area contributed by atoms with E-state index < -0.39 is 0 Å². The summed E-state index contributed by atoms with van der Waals surface area (Å²) >= 11 is 5.76. The number of benzene rings is 1. The molecule has 1 aromatic carbocycles. The van der Waals surface area contributed by atoms with Gasteiger partial charge in [-0.05, 0) is 24.6 Å². The van der Waals surface area contributed by atoms with Crippen molar-refractivity contribution in [2.45, 2.75) is 6.42 Å². The quantitative estimate of drug-likeness (QED) is 0.610. The third-order valence-corrected chi connectivity index (χ3v) is 2.41. The zero-order valence-electron chi connectivity index (χ0n) is 9.13. The molecule has 1 rings (SSSR count). The predicted octanol–water partition coefficient (Wildman–Crippen LogP) is 1.69. The Morgan fingerprint density at radius 2 is 2.31 bits per heavy atom. The third-order valence-electron chi connectivity index (χ3n) is 2.07. The number of anilines is 1. The van der Waals surface area contributed by atoms with Crippen molar-refractivity contribution in [1.82, 2.24) is 5.32 Å². The first-order chi connectivity index (χ1) is 7.65. The number of nitrogens with one attached hydrogen (secondary N) is 1. The molecule has 0 bridgehead atoms. The summed E-state index contributed by atoms with van der Waals surface area (Å²) in [5, 5.41) is 3.22. The van der Waals surface area contributed by atoms with Gasteiger partial charge >= 0.3 is 0 Å². The molecule has 16 heavy (non-hydrogen) atoms. The molecule has 1 amide bonds. The second-order valence-corrected chi connectivity index (χ2v) is 3.75. The molecule has 0 saturated heterocycles. The Kier molecular flexibility index (Phi) is 5.08. The highest BCUT2D eigenvalue weighted by Gasteiger charge is 2.06. The zero-order valence-corrected chi connectivity index (χ0v) is 9.88. The van der Waals surface area contributed by atoms with Gasteiger partial charge in [-0.1, -0.05) is 11.6 Å². The van der Waals surface area contributed by atoms with E-state index in [0.29, 0.717) is 29.4 Å². The van der Waals surface area contributed by atoms with Crippen LogP contribution in [0.5, 0.6) is 0 Å². The standard InChI is InChI=1S/C11H15ClN2O2/c1-16-6-2-5-14-11(15)8-3-4-9(12)10(13)7-8/h3-4,7H,2,5-6,13H2,1H3,(H,14,15). The van der Waals surface area contributed by atoms with E-state index in [1.54, 1.807) is 25.3 Å². The summed E-state index contributed by atoms with van der Waals surface area (Å²) < 4.78 is 4.88. The lowest BCUT2D eigenvalue weighted by Crippen LogP contribution is -2.25. The SMILES string of the molecule is COCCCNC(=O)c1ccc(Cl)c(N)c1. The number of carbonyl (C=O) groups is 1. The number of rotatable bonds is 5. The Morgan fingerprint density at radius 1 is 1.56 bits per heavy atom. The summed E-state index contributed by atoms with van der Waals surface area (Å²) in [6.07, 6.45) is 0.783. The number of hydrogen-bond donors (Lipinski definition) is 2. The van der Waals surface area contributed by atoms with Gasteiger partial charge in [-0.3, -0.25) is 4.79 Å². The maximum Gasteiger partial charge on any atom is 0.251 e. The second kappa shape index (κ2) is 6.35. The Bertz CT molecular complexity index is 369. The summed E-state index contributed by atoms with van der Waals surface area (Å²) in [6.45, 7) is 1.21. The summed E-state index contributed by atoms with van der Waals surface area (Å²) in [5.41, 5.74) is 6.52. The first-order valence-electron chi connectivity index (χ1n) is 4.97. The largest absolute Gasteiger partial charge is 0.398 e. The molecular formula is C11H15ClN2O2. The highest BCUT2D eigenvalue weighted by molar-refractivity contribution is 6.33. The van der Waals surface area contributed by atoms with Gasteiger partial charge in [0.05, 0.1) is 10.7 Å². The van der Waals surface area contributed by atoms with Crippen LogP contribution in [0.1, 0.15) is 16.8 Å². The fourth-order valence-electron chi connectivity index (χ4n) is 1.21.